The van der Waals surface area contributed by atoms with Crippen LogP contribution in [0.4, 0.5) is 4.39 Å². The molecule has 0 amide bonds. The topological polar surface area (TPSA) is 46.5 Å². The van der Waals surface area contributed by atoms with E-state index in [9.17, 15) is 9.18 Å². The van der Waals surface area contributed by atoms with Crippen LogP contribution in [0.1, 0.15) is 5.56 Å². The molecule has 6 heteroatoms. The van der Waals surface area contributed by atoms with E-state index in [1.165, 1.54) is 18.2 Å². The molecule has 1 N–H and O–H groups in total. The number of benzene rings is 2. The standard InChI is InChI=1S/C15H9Br2FO3/c16-10-3-5-14(12(18)8-10)21-13-4-1-9(7-11(13)17)2-6-15(19)20/h1-8H,(H,19,20)/b6-2+. The van der Waals surface area contributed by atoms with Crippen molar-refractivity contribution in [3.63, 3.8) is 0 Å². The predicted octanol–water partition coefficient (Wildman–Crippen LogP) is 5.24. The summed E-state index contributed by atoms with van der Waals surface area (Å²) < 4.78 is 20.4. The van der Waals surface area contributed by atoms with E-state index in [1.54, 1.807) is 24.3 Å². The molecule has 0 fully saturated rings. The molecule has 0 spiro atoms. The van der Waals surface area contributed by atoms with Crippen molar-refractivity contribution in [3.05, 3.63) is 62.8 Å². The lowest BCUT2D eigenvalue weighted by Crippen LogP contribution is -1.90. The molecule has 3 nitrogen and oxygen atoms in total. The lowest BCUT2D eigenvalue weighted by atomic mass is 10.2. The fourth-order valence-electron chi connectivity index (χ4n) is 1.55. The number of halogens is 3. The van der Waals surface area contributed by atoms with E-state index in [-0.39, 0.29) is 5.75 Å². The fraction of sp³-hybridized carbons (Fsp3) is 0. The van der Waals surface area contributed by atoms with Crippen LogP contribution in [0.5, 0.6) is 11.5 Å². The third-order valence-electron chi connectivity index (χ3n) is 2.49. The molecule has 2 aromatic carbocycles. The summed E-state index contributed by atoms with van der Waals surface area (Å²) >= 11 is 6.49. The normalized spacial score (nSPS) is 10.8. The van der Waals surface area contributed by atoms with Gasteiger partial charge in [-0.3, -0.25) is 0 Å². The molecule has 0 atom stereocenters. The Morgan fingerprint density at radius 1 is 1.14 bits per heavy atom. The number of carboxylic acids is 1. The Kier molecular flexibility index (Phi) is 5.14. The van der Waals surface area contributed by atoms with Gasteiger partial charge in [0.15, 0.2) is 11.6 Å². The van der Waals surface area contributed by atoms with Gasteiger partial charge in [-0.15, -0.1) is 0 Å². The highest BCUT2D eigenvalue weighted by Crippen LogP contribution is 2.32. The zero-order chi connectivity index (χ0) is 15.4. The second kappa shape index (κ2) is 6.87. The third-order valence-corrected chi connectivity index (χ3v) is 3.60. The van der Waals surface area contributed by atoms with E-state index in [4.69, 9.17) is 9.84 Å². The zero-order valence-corrected chi connectivity index (χ0v) is 13.7. The van der Waals surface area contributed by atoms with Crippen LogP contribution in [0.3, 0.4) is 0 Å². The summed E-state index contributed by atoms with van der Waals surface area (Å²) in [7, 11) is 0. The maximum absolute atomic E-state index is 13.7. The Balaban J connectivity index is 2.23. The minimum Gasteiger partial charge on any atom is -0.478 e. The molecule has 0 aliphatic rings. The molecule has 0 radical (unpaired) electrons. The first kappa shape index (κ1) is 15.7. The van der Waals surface area contributed by atoms with Crippen LogP contribution < -0.4 is 4.74 Å². The van der Waals surface area contributed by atoms with Crippen molar-refractivity contribution in [2.75, 3.05) is 0 Å². The molecule has 0 unspecified atom stereocenters. The maximum Gasteiger partial charge on any atom is 0.328 e. The second-order valence-electron chi connectivity index (χ2n) is 4.04. The molecule has 2 rings (SSSR count). The molecule has 0 heterocycles. The quantitative estimate of drug-likeness (QED) is 0.694. The van der Waals surface area contributed by atoms with Crippen LogP contribution in [0.25, 0.3) is 6.08 Å². The van der Waals surface area contributed by atoms with Gasteiger partial charge >= 0.3 is 5.97 Å². The fourth-order valence-corrected chi connectivity index (χ4v) is 2.36. The minimum atomic E-state index is -1.02. The summed E-state index contributed by atoms with van der Waals surface area (Å²) in [4.78, 5) is 10.5. The maximum atomic E-state index is 13.7. The molecule has 0 saturated heterocycles. The monoisotopic (exact) mass is 414 g/mol. The van der Waals surface area contributed by atoms with Gasteiger partial charge in [0.25, 0.3) is 0 Å². The zero-order valence-electron chi connectivity index (χ0n) is 10.5. The van der Waals surface area contributed by atoms with Gasteiger partial charge in [-0.2, -0.15) is 0 Å². The van der Waals surface area contributed by atoms with Crippen molar-refractivity contribution < 1.29 is 19.0 Å². The average molecular weight is 416 g/mol. The first-order valence-electron chi connectivity index (χ1n) is 5.79. The Bertz CT molecular complexity index is 714. The van der Waals surface area contributed by atoms with Crippen LogP contribution in [-0.4, -0.2) is 11.1 Å². The minimum absolute atomic E-state index is 0.104. The summed E-state index contributed by atoms with van der Waals surface area (Å²) in [5.41, 5.74) is 0.688. The summed E-state index contributed by atoms with van der Waals surface area (Å²) in [5.74, 6) is -0.967. The molecular weight excluding hydrogens is 407 g/mol. The summed E-state index contributed by atoms with van der Waals surface area (Å²) in [6, 6.07) is 9.50. The van der Waals surface area contributed by atoms with Crippen molar-refractivity contribution in [1.82, 2.24) is 0 Å². The van der Waals surface area contributed by atoms with E-state index in [2.05, 4.69) is 31.9 Å². The third kappa shape index (κ3) is 4.41. The lowest BCUT2D eigenvalue weighted by molar-refractivity contribution is -0.131. The van der Waals surface area contributed by atoms with Crippen molar-refractivity contribution in [2.45, 2.75) is 0 Å². The second-order valence-corrected chi connectivity index (χ2v) is 5.81. The molecular formula is C15H9Br2FO3. The predicted molar refractivity (Wildman–Crippen MR) is 85.0 cm³/mol. The average Bonchev–Trinajstić information content (AvgIpc) is 2.42. The summed E-state index contributed by atoms with van der Waals surface area (Å²) in [5, 5.41) is 8.58. The number of aliphatic carboxylic acids is 1. The number of carboxylic acid groups (broad SMARTS) is 1. The molecule has 0 saturated carbocycles. The largest absolute Gasteiger partial charge is 0.478 e. The number of hydrogen-bond acceptors (Lipinski definition) is 2. The van der Waals surface area contributed by atoms with Crippen LogP contribution in [0.15, 0.2) is 51.4 Å². The van der Waals surface area contributed by atoms with Crippen molar-refractivity contribution in [3.8, 4) is 11.5 Å². The number of rotatable bonds is 4. The molecule has 108 valence electrons. The Morgan fingerprint density at radius 3 is 2.48 bits per heavy atom. The first-order chi connectivity index (χ1) is 9.95. The number of carbonyl (C=O) groups is 1. The van der Waals surface area contributed by atoms with Gasteiger partial charge in [0.2, 0.25) is 0 Å². The van der Waals surface area contributed by atoms with Gasteiger partial charge in [0.1, 0.15) is 5.75 Å². The summed E-state index contributed by atoms with van der Waals surface area (Å²) in [6.07, 6.45) is 2.49. The number of hydrogen-bond donors (Lipinski definition) is 1. The van der Waals surface area contributed by atoms with E-state index in [0.717, 1.165) is 6.08 Å². The van der Waals surface area contributed by atoms with Crippen LogP contribution in [-0.2, 0) is 4.79 Å². The molecule has 2 aromatic rings. The molecule has 0 bridgehead atoms. The van der Waals surface area contributed by atoms with Crippen molar-refractivity contribution >= 4 is 43.9 Å². The SMILES string of the molecule is O=C(O)/C=C/c1ccc(Oc2ccc(Br)cc2F)c(Br)c1. The smallest absolute Gasteiger partial charge is 0.328 e. The van der Waals surface area contributed by atoms with E-state index >= 15 is 0 Å². The highest BCUT2D eigenvalue weighted by molar-refractivity contribution is 9.10. The highest BCUT2D eigenvalue weighted by atomic mass is 79.9. The number of ether oxygens (including phenoxy) is 1. The Hall–Kier alpha value is -1.66. The van der Waals surface area contributed by atoms with Gasteiger partial charge in [0, 0.05) is 10.5 Å². The molecule has 0 aromatic heterocycles. The first-order valence-corrected chi connectivity index (χ1v) is 7.38. The van der Waals surface area contributed by atoms with E-state index in [1.807, 2.05) is 0 Å². The highest BCUT2D eigenvalue weighted by Gasteiger charge is 2.08. The Labute approximate surface area is 137 Å². The van der Waals surface area contributed by atoms with Gasteiger partial charge in [-0.25, -0.2) is 9.18 Å². The summed E-state index contributed by atoms with van der Waals surface area (Å²) in [6.45, 7) is 0. The van der Waals surface area contributed by atoms with Gasteiger partial charge in [0.05, 0.1) is 4.47 Å². The Morgan fingerprint density at radius 2 is 1.86 bits per heavy atom. The van der Waals surface area contributed by atoms with Crippen molar-refractivity contribution in [1.29, 1.82) is 0 Å². The van der Waals surface area contributed by atoms with Crippen LogP contribution in [0, 0.1) is 5.82 Å². The van der Waals surface area contributed by atoms with Crippen LogP contribution in [0.2, 0.25) is 0 Å². The van der Waals surface area contributed by atoms with Gasteiger partial charge in [-0.05, 0) is 57.9 Å². The van der Waals surface area contributed by atoms with Gasteiger partial charge in [-0.1, -0.05) is 22.0 Å². The molecule has 21 heavy (non-hydrogen) atoms. The van der Waals surface area contributed by atoms with Gasteiger partial charge < -0.3 is 9.84 Å². The van der Waals surface area contributed by atoms with Crippen molar-refractivity contribution in [2.24, 2.45) is 0 Å². The van der Waals surface area contributed by atoms with E-state index in [0.29, 0.717) is 20.3 Å². The lowest BCUT2D eigenvalue weighted by Gasteiger charge is -2.09. The molecule has 0 aliphatic heterocycles. The molecule has 0 aliphatic carbocycles. The van der Waals surface area contributed by atoms with Crippen LogP contribution >= 0.6 is 31.9 Å². The van der Waals surface area contributed by atoms with E-state index < -0.39 is 11.8 Å².